The minimum Gasteiger partial charge on any atom is -0.431 e. The summed E-state index contributed by atoms with van der Waals surface area (Å²) in [5.74, 6) is -0.809. The number of oxazole rings is 2. The van der Waals surface area contributed by atoms with E-state index < -0.39 is 24.2 Å². The topological polar surface area (TPSA) is 70.5 Å². The van der Waals surface area contributed by atoms with Gasteiger partial charge in [-0.1, -0.05) is 24.3 Å². The molecule has 2 aromatic heterocycles. The minimum atomic E-state index is -4.84. The van der Waals surface area contributed by atoms with Crippen molar-refractivity contribution in [2.75, 3.05) is 0 Å². The smallest absolute Gasteiger partial charge is 0.431 e. The maximum atomic E-state index is 12.6. The molecule has 2 heterocycles. The molecule has 0 atom stereocenters. The second-order valence-electron chi connectivity index (χ2n) is 7.18. The molecule has 3 aromatic carbocycles. The fraction of sp³-hybridized carbons (Fsp3) is 0.0909. The molecule has 186 valence electrons. The van der Waals surface area contributed by atoms with Crippen LogP contribution < -0.4 is 9.47 Å². The highest BCUT2D eigenvalue weighted by molar-refractivity contribution is 14.1. The summed E-state index contributed by atoms with van der Waals surface area (Å²) in [5, 5.41) is 0. The summed E-state index contributed by atoms with van der Waals surface area (Å²) in [4.78, 5) is 8.86. The first-order chi connectivity index (χ1) is 16.9. The van der Waals surface area contributed by atoms with E-state index in [1.165, 1.54) is 24.3 Å². The fourth-order valence-corrected chi connectivity index (χ4v) is 4.59. The Hall–Kier alpha value is -2.76. The fourth-order valence-electron chi connectivity index (χ4n) is 3.66. The zero-order chi connectivity index (χ0) is 25.8. The number of hydrogen-bond donors (Lipinski definition) is 0. The van der Waals surface area contributed by atoms with Crippen LogP contribution in [-0.4, -0.2) is 22.7 Å². The zero-order valence-corrected chi connectivity index (χ0v) is 21.5. The van der Waals surface area contributed by atoms with Crippen LogP contribution in [0.15, 0.2) is 57.4 Å². The number of fused-ring (bicyclic) bond motifs is 2. The number of rotatable bonds is 4. The highest BCUT2D eigenvalue weighted by Gasteiger charge is 2.32. The van der Waals surface area contributed by atoms with Crippen LogP contribution in [0.3, 0.4) is 0 Å². The third-order valence-electron chi connectivity index (χ3n) is 4.88. The first-order valence-electron chi connectivity index (χ1n) is 9.68. The van der Waals surface area contributed by atoms with E-state index in [1.807, 2.05) is 45.2 Å². The molecule has 0 saturated heterocycles. The number of halogens is 8. The van der Waals surface area contributed by atoms with Gasteiger partial charge in [-0.15, -0.1) is 26.3 Å². The standard InChI is InChI=1S/C22H8F6I2N2O4/c23-21(24,25)35-11-5-1-9(2-6-11)13-15-18(34-19(29)31-15)14(16-17(13)33-20(30)32-16)10-3-7-12(8-4-10)36-22(26,27)28/h1-8H. The molecule has 5 aromatic rings. The van der Waals surface area contributed by atoms with Crippen LogP contribution in [0.4, 0.5) is 26.3 Å². The molecule has 0 unspecified atom stereocenters. The third-order valence-corrected chi connectivity index (χ3v) is 5.81. The number of benzene rings is 3. The molecule has 0 bridgehead atoms. The van der Waals surface area contributed by atoms with Crippen LogP contribution in [-0.2, 0) is 0 Å². The first kappa shape index (κ1) is 24.9. The molecule has 14 heteroatoms. The highest BCUT2D eigenvalue weighted by atomic mass is 127. The lowest BCUT2D eigenvalue weighted by molar-refractivity contribution is -0.275. The van der Waals surface area contributed by atoms with Gasteiger partial charge in [-0.05, 0) is 35.4 Å². The van der Waals surface area contributed by atoms with E-state index in [4.69, 9.17) is 8.83 Å². The Kier molecular flexibility index (Phi) is 6.20. The molecule has 0 fully saturated rings. The quantitative estimate of drug-likeness (QED) is 0.137. The van der Waals surface area contributed by atoms with Crippen molar-refractivity contribution in [1.82, 2.24) is 9.97 Å². The van der Waals surface area contributed by atoms with Crippen LogP contribution in [0.1, 0.15) is 0 Å². The summed E-state index contributed by atoms with van der Waals surface area (Å²) in [5.41, 5.74) is 2.94. The molecule has 5 rings (SSSR count). The molecule has 0 aliphatic heterocycles. The van der Waals surface area contributed by atoms with Crippen LogP contribution >= 0.6 is 45.2 Å². The first-order valence-corrected chi connectivity index (χ1v) is 11.8. The van der Waals surface area contributed by atoms with E-state index in [9.17, 15) is 26.3 Å². The second-order valence-corrected chi connectivity index (χ2v) is 9.03. The molecule has 0 aliphatic rings. The maximum absolute atomic E-state index is 12.6. The van der Waals surface area contributed by atoms with Crippen molar-refractivity contribution in [2.24, 2.45) is 0 Å². The minimum absolute atomic E-state index is 0.251. The average molecular weight is 732 g/mol. The Labute approximate surface area is 223 Å². The van der Waals surface area contributed by atoms with Crippen molar-refractivity contribution in [3.63, 3.8) is 0 Å². The summed E-state index contributed by atoms with van der Waals surface area (Å²) in [6.07, 6.45) is -9.68. The Morgan fingerprint density at radius 2 is 0.917 bits per heavy atom. The predicted molar refractivity (Wildman–Crippen MR) is 131 cm³/mol. The number of ether oxygens (including phenoxy) is 2. The molecule has 36 heavy (non-hydrogen) atoms. The van der Waals surface area contributed by atoms with Gasteiger partial charge < -0.3 is 18.3 Å². The average Bonchev–Trinajstić information content (AvgIpc) is 3.32. The largest absolute Gasteiger partial charge is 0.573 e. The highest BCUT2D eigenvalue weighted by Crippen LogP contribution is 2.44. The molecule has 0 amide bonds. The number of aromatic nitrogens is 2. The molecular formula is C22H8F6I2N2O4. The molecule has 0 N–H and O–H groups in total. The number of nitrogens with zero attached hydrogens (tertiary/aromatic N) is 2. The molecule has 6 nitrogen and oxygen atoms in total. The second kappa shape index (κ2) is 8.97. The lowest BCUT2D eigenvalue weighted by atomic mass is 9.96. The molecular weight excluding hydrogens is 724 g/mol. The Morgan fingerprint density at radius 3 is 1.22 bits per heavy atom. The van der Waals surface area contributed by atoms with Crippen molar-refractivity contribution in [3.8, 4) is 33.8 Å². The zero-order valence-electron chi connectivity index (χ0n) is 17.2. The lowest BCUT2D eigenvalue weighted by Crippen LogP contribution is -2.17. The Bertz CT molecular complexity index is 1400. The van der Waals surface area contributed by atoms with Gasteiger partial charge in [0.2, 0.25) is 0 Å². The van der Waals surface area contributed by atoms with E-state index in [-0.39, 0.29) is 19.0 Å². The van der Waals surface area contributed by atoms with Crippen LogP contribution in [0.2, 0.25) is 0 Å². The Balaban J connectivity index is 1.70. The molecule has 0 aliphatic carbocycles. The van der Waals surface area contributed by atoms with Crippen LogP contribution in [0, 0.1) is 7.79 Å². The van der Waals surface area contributed by atoms with E-state index in [0.29, 0.717) is 33.3 Å². The summed E-state index contributed by atoms with van der Waals surface area (Å²) in [6, 6.07) is 10.3. The van der Waals surface area contributed by atoms with Crippen molar-refractivity contribution in [1.29, 1.82) is 0 Å². The molecule has 0 saturated carbocycles. The lowest BCUT2D eigenvalue weighted by Gasteiger charge is -2.12. The van der Waals surface area contributed by atoms with Crippen molar-refractivity contribution < 1.29 is 44.7 Å². The van der Waals surface area contributed by atoms with Gasteiger partial charge in [0.25, 0.3) is 7.79 Å². The van der Waals surface area contributed by atoms with Crippen LogP contribution in [0.5, 0.6) is 11.5 Å². The van der Waals surface area contributed by atoms with Gasteiger partial charge in [0, 0.05) is 45.2 Å². The molecule has 0 spiro atoms. The van der Waals surface area contributed by atoms with E-state index in [2.05, 4.69) is 19.4 Å². The van der Waals surface area contributed by atoms with Gasteiger partial charge in [-0.3, -0.25) is 0 Å². The van der Waals surface area contributed by atoms with Gasteiger partial charge in [0.05, 0.1) is 11.1 Å². The summed E-state index contributed by atoms with van der Waals surface area (Å²) in [6.45, 7) is 0. The predicted octanol–water partition coefficient (Wildman–Crippen LogP) is 8.31. The van der Waals surface area contributed by atoms with Gasteiger partial charge in [0.1, 0.15) is 22.5 Å². The summed E-state index contributed by atoms with van der Waals surface area (Å²) < 4.78 is 95.5. The van der Waals surface area contributed by atoms with Crippen molar-refractivity contribution in [3.05, 3.63) is 56.3 Å². The van der Waals surface area contributed by atoms with Gasteiger partial charge in [0.15, 0.2) is 11.2 Å². The SMILES string of the molecule is FC(F)(F)Oc1ccc(-c2c3nc(I)oc3c(-c3ccc(OC(F)(F)F)cc3)c3nc(I)oc23)cc1. The monoisotopic (exact) mass is 732 g/mol. The van der Waals surface area contributed by atoms with E-state index in [0.717, 1.165) is 24.3 Å². The van der Waals surface area contributed by atoms with E-state index in [1.54, 1.807) is 0 Å². The maximum Gasteiger partial charge on any atom is 0.573 e. The van der Waals surface area contributed by atoms with Gasteiger partial charge in [-0.25, -0.2) is 9.97 Å². The van der Waals surface area contributed by atoms with Gasteiger partial charge >= 0.3 is 12.7 Å². The normalized spacial score (nSPS) is 12.4. The van der Waals surface area contributed by atoms with E-state index >= 15 is 0 Å². The third kappa shape index (κ3) is 5.05. The van der Waals surface area contributed by atoms with Crippen molar-refractivity contribution in [2.45, 2.75) is 12.7 Å². The van der Waals surface area contributed by atoms with Gasteiger partial charge in [-0.2, -0.15) is 0 Å². The van der Waals surface area contributed by atoms with Crippen molar-refractivity contribution >= 4 is 67.4 Å². The number of hydrogen-bond acceptors (Lipinski definition) is 6. The van der Waals surface area contributed by atoms with Crippen LogP contribution in [0.25, 0.3) is 44.5 Å². The summed E-state index contributed by atoms with van der Waals surface area (Å²) >= 11 is 3.71. The summed E-state index contributed by atoms with van der Waals surface area (Å²) in [7, 11) is 0. The molecule has 0 radical (unpaired) electrons. The Morgan fingerprint density at radius 1 is 0.583 bits per heavy atom. The number of alkyl halides is 6.